The minimum atomic E-state index is -0.0944. The molecule has 4 nitrogen and oxygen atoms in total. The van der Waals surface area contributed by atoms with E-state index in [2.05, 4.69) is 10.6 Å². The maximum Gasteiger partial charge on any atom is 0.226 e. The quantitative estimate of drug-likeness (QED) is 0.862. The highest BCUT2D eigenvalue weighted by Gasteiger charge is 2.07. The van der Waals surface area contributed by atoms with Gasteiger partial charge in [-0.1, -0.05) is 17.7 Å². The number of amides is 1. The van der Waals surface area contributed by atoms with Crippen LogP contribution < -0.4 is 10.6 Å². The van der Waals surface area contributed by atoms with Crippen LogP contribution in [0.25, 0.3) is 0 Å². The van der Waals surface area contributed by atoms with Gasteiger partial charge >= 0.3 is 0 Å². The van der Waals surface area contributed by atoms with Gasteiger partial charge in [-0.15, -0.1) is 0 Å². The predicted octanol–water partition coefficient (Wildman–Crippen LogP) is 4.27. The first-order valence-corrected chi connectivity index (χ1v) is 7.68. The van der Waals surface area contributed by atoms with Gasteiger partial charge in [0.1, 0.15) is 0 Å². The third-order valence-electron chi connectivity index (χ3n) is 3.38. The summed E-state index contributed by atoms with van der Waals surface area (Å²) in [6.45, 7) is 4.47. The van der Waals surface area contributed by atoms with Crippen LogP contribution in [-0.4, -0.2) is 12.5 Å². The van der Waals surface area contributed by atoms with E-state index in [-0.39, 0.29) is 5.91 Å². The first-order chi connectivity index (χ1) is 11.0. The Morgan fingerprint density at radius 2 is 1.91 bits per heavy atom. The number of carbonyl (C=O) groups excluding carboxylic acids is 1. The Balaban J connectivity index is 1.86. The van der Waals surface area contributed by atoms with Gasteiger partial charge in [0, 0.05) is 18.7 Å². The Labute approximate surface area is 141 Å². The topological polar surface area (TPSA) is 64.9 Å². The summed E-state index contributed by atoms with van der Waals surface area (Å²) in [5.74, 6) is -0.0944. The molecular weight excluding hydrogens is 310 g/mol. The lowest BCUT2D eigenvalue weighted by atomic mass is 10.1. The van der Waals surface area contributed by atoms with Crippen LogP contribution in [0, 0.1) is 25.2 Å². The molecule has 0 spiro atoms. The summed E-state index contributed by atoms with van der Waals surface area (Å²) in [6, 6.07) is 12.7. The molecule has 0 aliphatic carbocycles. The minimum absolute atomic E-state index is 0.0944. The highest BCUT2D eigenvalue weighted by atomic mass is 35.5. The number of aryl methyl sites for hydroxylation is 2. The van der Waals surface area contributed by atoms with Crippen molar-refractivity contribution in [3.63, 3.8) is 0 Å². The van der Waals surface area contributed by atoms with Crippen LogP contribution in [0.5, 0.6) is 0 Å². The van der Waals surface area contributed by atoms with Crippen molar-refractivity contribution in [3.8, 4) is 6.07 Å². The van der Waals surface area contributed by atoms with Crippen molar-refractivity contribution in [3.05, 3.63) is 58.1 Å². The zero-order chi connectivity index (χ0) is 16.8. The zero-order valence-corrected chi connectivity index (χ0v) is 13.9. The van der Waals surface area contributed by atoms with Crippen molar-refractivity contribution in [2.45, 2.75) is 20.3 Å². The Kier molecular flexibility index (Phi) is 5.61. The van der Waals surface area contributed by atoms with Crippen molar-refractivity contribution in [1.29, 1.82) is 5.26 Å². The van der Waals surface area contributed by atoms with Gasteiger partial charge in [0.05, 0.1) is 22.3 Å². The van der Waals surface area contributed by atoms with E-state index in [0.29, 0.717) is 29.2 Å². The summed E-state index contributed by atoms with van der Waals surface area (Å²) in [5, 5.41) is 15.4. The number of anilines is 2. The number of hydrogen-bond acceptors (Lipinski definition) is 3. The van der Waals surface area contributed by atoms with Gasteiger partial charge in [0.2, 0.25) is 5.91 Å². The number of rotatable bonds is 5. The smallest absolute Gasteiger partial charge is 0.226 e. The molecule has 2 aromatic rings. The van der Waals surface area contributed by atoms with Crippen molar-refractivity contribution >= 4 is 28.9 Å². The summed E-state index contributed by atoms with van der Waals surface area (Å²) in [6.07, 6.45) is 0.323. The molecule has 2 rings (SSSR count). The van der Waals surface area contributed by atoms with Crippen LogP contribution in [0.3, 0.4) is 0 Å². The van der Waals surface area contributed by atoms with E-state index in [1.807, 2.05) is 32.0 Å². The average molecular weight is 328 g/mol. The molecule has 0 unspecified atom stereocenters. The number of carbonyl (C=O) groups is 1. The van der Waals surface area contributed by atoms with Crippen molar-refractivity contribution in [2.75, 3.05) is 17.2 Å². The fraction of sp³-hybridized carbons (Fsp3) is 0.222. The molecule has 0 radical (unpaired) electrons. The molecule has 0 aliphatic rings. The van der Waals surface area contributed by atoms with E-state index in [1.165, 1.54) is 0 Å². The van der Waals surface area contributed by atoms with Gasteiger partial charge in [-0.3, -0.25) is 4.79 Å². The molecule has 0 atom stereocenters. The second-order valence-corrected chi connectivity index (χ2v) is 5.76. The van der Waals surface area contributed by atoms with Gasteiger partial charge in [-0.25, -0.2) is 0 Å². The fourth-order valence-corrected chi connectivity index (χ4v) is 2.68. The van der Waals surface area contributed by atoms with Crippen LogP contribution in [-0.2, 0) is 4.79 Å². The van der Waals surface area contributed by atoms with E-state index in [0.717, 1.165) is 16.8 Å². The Bertz CT molecular complexity index is 725. The minimum Gasteiger partial charge on any atom is -0.383 e. The Morgan fingerprint density at radius 3 is 2.52 bits per heavy atom. The van der Waals surface area contributed by atoms with Crippen molar-refractivity contribution in [2.24, 2.45) is 0 Å². The molecule has 118 valence electrons. The maximum atomic E-state index is 11.9. The zero-order valence-electron chi connectivity index (χ0n) is 13.1. The molecule has 0 heterocycles. The summed E-state index contributed by atoms with van der Waals surface area (Å²) < 4.78 is 0. The van der Waals surface area contributed by atoms with Gasteiger partial charge in [-0.2, -0.15) is 5.26 Å². The standard InChI is InChI=1S/C18H18ClN3O/c1-12-9-13(2)18(16(19)10-12)21-8-7-17(23)22-15-5-3-14(11-20)4-6-15/h3-6,9-10,21H,7-8H2,1-2H3,(H,22,23). The highest BCUT2D eigenvalue weighted by molar-refractivity contribution is 6.33. The van der Waals surface area contributed by atoms with E-state index >= 15 is 0 Å². The SMILES string of the molecule is Cc1cc(C)c(NCCC(=O)Nc2ccc(C#N)cc2)c(Cl)c1. The molecular formula is C18H18ClN3O. The number of benzene rings is 2. The van der Waals surface area contributed by atoms with Crippen LogP contribution in [0.4, 0.5) is 11.4 Å². The molecule has 0 bridgehead atoms. The van der Waals surface area contributed by atoms with Crippen molar-refractivity contribution < 1.29 is 4.79 Å². The van der Waals surface area contributed by atoms with Gasteiger partial charge in [0.25, 0.3) is 0 Å². The monoisotopic (exact) mass is 327 g/mol. The third kappa shape index (κ3) is 4.73. The third-order valence-corrected chi connectivity index (χ3v) is 3.68. The molecule has 2 N–H and O–H groups in total. The molecule has 5 heteroatoms. The predicted molar refractivity (Wildman–Crippen MR) is 93.8 cm³/mol. The largest absolute Gasteiger partial charge is 0.383 e. The number of halogens is 1. The summed E-state index contributed by atoms with van der Waals surface area (Å²) in [4.78, 5) is 11.9. The first kappa shape index (κ1) is 16.9. The first-order valence-electron chi connectivity index (χ1n) is 7.30. The van der Waals surface area contributed by atoms with Crippen LogP contribution in [0.1, 0.15) is 23.1 Å². The average Bonchev–Trinajstić information content (AvgIpc) is 2.50. The Morgan fingerprint density at radius 1 is 1.22 bits per heavy atom. The lowest BCUT2D eigenvalue weighted by Crippen LogP contribution is -2.16. The van der Waals surface area contributed by atoms with Crippen LogP contribution in [0.15, 0.2) is 36.4 Å². The van der Waals surface area contributed by atoms with E-state index in [1.54, 1.807) is 24.3 Å². The normalized spacial score (nSPS) is 10.0. The molecule has 0 aromatic heterocycles. The molecule has 2 aromatic carbocycles. The lowest BCUT2D eigenvalue weighted by Gasteiger charge is -2.12. The fourth-order valence-electron chi connectivity index (χ4n) is 2.29. The van der Waals surface area contributed by atoms with Crippen molar-refractivity contribution in [1.82, 2.24) is 0 Å². The number of hydrogen-bond donors (Lipinski definition) is 2. The second-order valence-electron chi connectivity index (χ2n) is 5.35. The molecule has 1 amide bonds. The molecule has 0 saturated carbocycles. The van der Waals surface area contributed by atoms with Gasteiger partial charge < -0.3 is 10.6 Å². The number of nitriles is 1. The molecule has 0 fully saturated rings. The summed E-state index contributed by atoms with van der Waals surface area (Å²) >= 11 is 6.22. The van der Waals surface area contributed by atoms with E-state index < -0.39 is 0 Å². The lowest BCUT2D eigenvalue weighted by molar-refractivity contribution is -0.115. The Hall–Kier alpha value is -2.51. The van der Waals surface area contributed by atoms with Gasteiger partial charge in [0.15, 0.2) is 0 Å². The van der Waals surface area contributed by atoms with E-state index in [4.69, 9.17) is 16.9 Å². The van der Waals surface area contributed by atoms with Crippen LogP contribution >= 0.6 is 11.6 Å². The van der Waals surface area contributed by atoms with Gasteiger partial charge in [-0.05, 0) is 55.3 Å². The molecule has 0 saturated heterocycles. The highest BCUT2D eigenvalue weighted by Crippen LogP contribution is 2.27. The van der Waals surface area contributed by atoms with E-state index in [9.17, 15) is 4.79 Å². The van der Waals surface area contributed by atoms with Crippen LogP contribution in [0.2, 0.25) is 5.02 Å². The number of nitrogens with one attached hydrogen (secondary N) is 2. The second kappa shape index (κ2) is 7.66. The molecule has 23 heavy (non-hydrogen) atoms. The summed E-state index contributed by atoms with van der Waals surface area (Å²) in [5.41, 5.74) is 4.27. The summed E-state index contributed by atoms with van der Waals surface area (Å²) in [7, 11) is 0. The molecule has 0 aliphatic heterocycles. The maximum absolute atomic E-state index is 11.9. The number of nitrogens with zero attached hydrogens (tertiary/aromatic N) is 1.